The second-order valence-corrected chi connectivity index (χ2v) is 4.21. The van der Waals surface area contributed by atoms with Crippen molar-refractivity contribution in [1.82, 2.24) is 10.2 Å². The van der Waals surface area contributed by atoms with Gasteiger partial charge in [-0.25, -0.2) is 9.59 Å². The summed E-state index contributed by atoms with van der Waals surface area (Å²) in [7, 11) is 1.46. The van der Waals surface area contributed by atoms with Gasteiger partial charge in [0.25, 0.3) is 0 Å². The molecule has 2 N–H and O–H groups in total. The Balaban J connectivity index is 4.02. The molecule has 0 heterocycles. The lowest BCUT2D eigenvalue weighted by molar-refractivity contribution is -0.146. The standard InChI is InChI=1S/C11H22N2O4/c1-5-17-8-6-7-12-10(16)13(4)11(2,3)9(14)15/h5-8H2,1-4H3,(H,12,16)(H,14,15). The number of carboxylic acids is 1. The number of carbonyl (C=O) groups excluding carboxylic acids is 1. The lowest BCUT2D eigenvalue weighted by atomic mass is 10.1. The molecule has 6 heteroatoms. The third-order valence-electron chi connectivity index (χ3n) is 2.61. The monoisotopic (exact) mass is 246 g/mol. The quantitative estimate of drug-likeness (QED) is 0.655. The van der Waals surface area contributed by atoms with Crippen molar-refractivity contribution in [2.24, 2.45) is 0 Å². The van der Waals surface area contributed by atoms with E-state index in [1.54, 1.807) is 0 Å². The number of nitrogens with one attached hydrogen (secondary N) is 1. The molecule has 0 atom stereocenters. The predicted molar refractivity (Wildman–Crippen MR) is 64.0 cm³/mol. The Hall–Kier alpha value is -1.30. The molecule has 0 aliphatic rings. The molecule has 0 aromatic heterocycles. The van der Waals surface area contributed by atoms with Gasteiger partial charge in [0.1, 0.15) is 5.54 Å². The van der Waals surface area contributed by atoms with Crippen molar-refractivity contribution in [2.75, 3.05) is 26.8 Å². The Morgan fingerprint density at radius 3 is 2.47 bits per heavy atom. The predicted octanol–water partition coefficient (Wildman–Crippen LogP) is 0.918. The van der Waals surface area contributed by atoms with Gasteiger partial charge in [0.05, 0.1) is 0 Å². The first-order chi connectivity index (χ1) is 7.84. The Bertz CT molecular complexity index is 266. The molecule has 0 saturated heterocycles. The van der Waals surface area contributed by atoms with Crippen LogP contribution in [0.15, 0.2) is 0 Å². The van der Waals surface area contributed by atoms with E-state index < -0.39 is 17.5 Å². The van der Waals surface area contributed by atoms with Crippen LogP contribution in [0.25, 0.3) is 0 Å². The van der Waals surface area contributed by atoms with Crippen LogP contribution >= 0.6 is 0 Å². The molecule has 2 amide bonds. The minimum absolute atomic E-state index is 0.395. The normalized spacial score (nSPS) is 11.1. The number of likely N-dealkylation sites (N-methyl/N-ethyl adjacent to an activating group) is 1. The van der Waals surface area contributed by atoms with Gasteiger partial charge in [0, 0.05) is 26.8 Å². The summed E-state index contributed by atoms with van der Waals surface area (Å²) in [4.78, 5) is 23.8. The molecule has 0 saturated carbocycles. The third-order valence-corrected chi connectivity index (χ3v) is 2.61. The topological polar surface area (TPSA) is 78.9 Å². The van der Waals surface area contributed by atoms with Gasteiger partial charge in [-0.2, -0.15) is 0 Å². The summed E-state index contributed by atoms with van der Waals surface area (Å²) < 4.78 is 5.12. The number of ether oxygens (including phenoxy) is 1. The zero-order chi connectivity index (χ0) is 13.5. The van der Waals surface area contributed by atoms with E-state index in [9.17, 15) is 9.59 Å². The SMILES string of the molecule is CCOCCCNC(=O)N(C)C(C)(C)C(=O)O. The van der Waals surface area contributed by atoms with Crippen molar-refractivity contribution in [3.63, 3.8) is 0 Å². The fourth-order valence-electron chi connectivity index (χ4n) is 1.03. The number of hydrogen-bond donors (Lipinski definition) is 2. The minimum Gasteiger partial charge on any atom is -0.480 e. The number of hydrogen-bond acceptors (Lipinski definition) is 3. The molecule has 0 radical (unpaired) electrons. The van der Waals surface area contributed by atoms with Crippen molar-refractivity contribution in [1.29, 1.82) is 0 Å². The van der Waals surface area contributed by atoms with Crippen LogP contribution in [0.2, 0.25) is 0 Å². The van der Waals surface area contributed by atoms with E-state index in [1.165, 1.54) is 25.8 Å². The summed E-state index contributed by atoms with van der Waals surface area (Å²) in [5.41, 5.74) is -1.22. The molecular formula is C11H22N2O4. The molecule has 0 aromatic carbocycles. The first-order valence-corrected chi connectivity index (χ1v) is 5.66. The van der Waals surface area contributed by atoms with Gasteiger partial charge in [0.15, 0.2) is 0 Å². The lowest BCUT2D eigenvalue weighted by Gasteiger charge is -2.31. The van der Waals surface area contributed by atoms with Crippen LogP contribution in [0.1, 0.15) is 27.2 Å². The van der Waals surface area contributed by atoms with E-state index in [1.807, 2.05) is 6.92 Å². The highest BCUT2D eigenvalue weighted by molar-refractivity contribution is 5.85. The minimum atomic E-state index is -1.22. The number of nitrogens with zero attached hydrogens (tertiary/aromatic N) is 1. The fraction of sp³-hybridized carbons (Fsp3) is 0.818. The molecule has 17 heavy (non-hydrogen) atoms. The van der Waals surface area contributed by atoms with Crippen molar-refractivity contribution >= 4 is 12.0 Å². The maximum absolute atomic E-state index is 11.6. The maximum Gasteiger partial charge on any atom is 0.329 e. The molecular weight excluding hydrogens is 224 g/mol. The first-order valence-electron chi connectivity index (χ1n) is 5.66. The van der Waals surface area contributed by atoms with Gasteiger partial charge in [-0.1, -0.05) is 0 Å². The second kappa shape index (κ2) is 7.11. The average molecular weight is 246 g/mol. The highest BCUT2D eigenvalue weighted by Gasteiger charge is 2.34. The van der Waals surface area contributed by atoms with Gasteiger partial charge >= 0.3 is 12.0 Å². The average Bonchev–Trinajstić information content (AvgIpc) is 2.27. The molecule has 0 rings (SSSR count). The van der Waals surface area contributed by atoms with E-state index in [2.05, 4.69) is 5.32 Å². The number of amides is 2. The van der Waals surface area contributed by atoms with Gasteiger partial charge < -0.3 is 20.1 Å². The number of rotatable bonds is 7. The van der Waals surface area contributed by atoms with E-state index in [0.717, 1.165) is 0 Å². The Morgan fingerprint density at radius 1 is 1.41 bits per heavy atom. The van der Waals surface area contributed by atoms with E-state index >= 15 is 0 Å². The number of carbonyl (C=O) groups is 2. The molecule has 0 bridgehead atoms. The smallest absolute Gasteiger partial charge is 0.329 e. The van der Waals surface area contributed by atoms with Gasteiger partial charge in [-0.05, 0) is 27.2 Å². The van der Waals surface area contributed by atoms with Crippen molar-refractivity contribution < 1.29 is 19.4 Å². The Labute approximate surface area is 102 Å². The molecule has 0 fully saturated rings. The molecule has 6 nitrogen and oxygen atoms in total. The first kappa shape index (κ1) is 15.7. The molecule has 0 unspecified atom stereocenters. The van der Waals surface area contributed by atoms with Gasteiger partial charge in [-0.3, -0.25) is 0 Å². The van der Waals surface area contributed by atoms with Crippen molar-refractivity contribution in [3.05, 3.63) is 0 Å². The van der Waals surface area contributed by atoms with Gasteiger partial charge in [-0.15, -0.1) is 0 Å². The maximum atomic E-state index is 11.6. The van der Waals surface area contributed by atoms with Crippen LogP contribution in [0.3, 0.4) is 0 Å². The van der Waals surface area contributed by atoms with Crippen LogP contribution < -0.4 is 5.32 Å². The van der Waals surface area contributed by atoms with E-state index in [4.69, 9.17) is 9.84 Å². The van der Waals surface area contributed by atoms with E-state index in [0.29, 0.717) is 26.2 Å². The van der Waals surface area contributed by atoms with Crippen LogP contribution in [0.4, 0.5) is 4.79 Å². The molecule has 100 valence electrons. The molecule has 0 aliphatic heterocycles. The Morgan fingerprint density at radius 2 is 2.00 bits per heavy atom. The third kappa shape index (κ3) is 5.04. The van der Waals surface area contributed by atoms with Crippen LogP contribution in [0, 0.1) is 0 Å². The molecule has 0 aliphatic carbocycles. The highest BCUT2D eigenvalue weighted by atomic mass is 16.5. The van der Waals surface area contributed by atoms with Crippen LogP contribution in [-0.4, -0.2) is 54.4 Å². The number of aliphatic carboxylic acids is 1. The summed E-state index contributed by atoms with van der Waals surface area (Å²) in [6, 6.07) is -0.395. The Kier molecular flexibility index (Phi) is 6.57. The second-order valence-electron chi connectivity index (χ2n) is 4.21. The zero-order valence-electron chi connectivity index (χ0n) is 10.9. The van der Waals surface area contributed by atoms with Crippen molar-refractivity contribution in [3.8, 4) is 0 Å². The summed E-state index contributed by atoms with van der Waals surface area (Å²) in [5.74, 6) is -1.04. The number of carboxylic acid groups (broad SMARTS) is 1. The van der Waals surface area contributed by atoms with Crippen molar-refractivity contribution in [2.45, 2.75) is 32.7 Å². The summed E-state index contributed by atoms with van der Waals surface area (Å²) in [6.45, 7) is 6.58. The largest absolute Gasteiger partial charge is 0.480 e. The van der Waals surface area contributed by atoms with E-state index in [-0.39, 0.29) is 0 Å². The molecule has 0 aromatic rings. The summed E-state index contributed by atoms with van der Waals surface area (Å²) in [6.07, 6.45) is 0.709. The number of urea groups is 1. The zero-order valence-corrected chi connectivity index (χ0v) is 10.9. The lowest BCUT2D eigenvalue weighted by Crippen LogP contribution is -2.54. The van der Waals surface area contributed by atoms with Gasteiger partial charge in [0.2, 0.25) is 0 Å². The van der Waals surface area contributed by atoms with Crippen LogP contribution in [0.5, 0.6) is 0 Å². The van der Waals surface area contributed by atoms with Crippen LogP contribution in [-0.2, 0) is 9.53 Å². The summed E-state index contributed by atoms with van der Waals surface area (Å²) in [5, 5.41) is 11.6. The molecule has 0 spiro atoms. The highest BCUT2D eigenvalue weighted by Crippen LogP contribution is 2.12. The summed E-state index contributed by atoms with van der Waals surface area (Å²) >= 11 is 0. The fourth-order valence-corrected chi connectivity index (χ4v) is 1.03.